The molecule has 19 heavy (non-hydrogen) atoms. The van der Waals surface area contributed by atoms with Crippen molar-refractivity contribution in [3.63, 3.8) is 0 Å². The quantitative estimate of drug-likeness (QED) is 0.785. The summed E-state index contributed by atoms with van der Waals surface area (Å²) >= 11 is 0. The molecule has 1 aromatic carbocycles. The van der Waals surface area contributed by atoms with Crippen LogP contribution in [-0.4, -0.2) is 35.9 Å². The fraction of sp³-hybridized carbons (Fsp3) is 0.385. The third-order valence-electron chi connectivity index (χ3n) is 2.69. The van der Waals surface area contributed by atoms with Crippen LogP contribution in [0.25, 0.3) is 11.1 Å². The number of aromatic nitrogens is 1. The van der Waals surface area contributed by atoms with Gasteiger partial charge in [-0.05, 0) is 26.1 Å². The van der Waals surface area contributed by atoms with Crippen molar-refractivity contribution in [1.82, 2.24) is 15.2 Å². The van der Waals surface area contributed by atoms with Gasteiger partial charge < -0.3 is 15.5 Å². The summed E-state index contributed by atoms with van der Waals surface area (Å²) in [6.07, 6.45) is 0. The van der Waals surface area contributed by atoms with Crippen molar-refractivity contribution in [2.24, 2.45) is 0 Å². The maximum atomic E-state index is 11.4. The highest BCUT2D eigenvalue weighted by Gasteiger charge is 2.12. The predicted molar refractivity (Wildman–Crippen MR) is 73.4 cm³/mol. The van der Waals surface area contributed by atoms with Crippen molar-refractivity contribution in [2.75, 3.05) is 25.9 Å². The van der Waals surface area contributed by atoms with Crippen LogP contribution in [0.2, 0.25) is 0 Å². The standard InChI is InChI=1S/C13H18N4O2/c1-3-15-11(18)7-17(2)8-12-16-13-9(14)5-4-6-10(13)19-12/h4-6H,3,7-8,14H2,1-2H3,(H,15,18). The molecule has 1 aromatic heterocycles. The molecule has 3 N–H and O–H groups in total. The third kappa shape index (κ3) is 3.23. The number of rotatable bonds is 5. The van der Waals surface area contributed by atoms with Crippen LogP contribution in [0.3, 0.4) is 0 Å². The van der Waals surface area contributed by atoms with E-state index in [9.17, 15) is 4.79 Å². The second-order valence-corrected chi connectivity index (χ2v) is 4.43. The molecule has 0 atom stereocenters. The first kappa shape index (κ1) is 13.4. The lowest BCUT2D eigenvalue weighted by atomic mass is 10.3. The second kappa shape index (κ2) is 5.71. The van der Waals surface area contributed by atoms with E-state index in [1.807, 2.05) is 31.0 Å². The summed E-state index contributed by atoms with van der Waals surface area (Å²) in [7, 11) is 1.84. The van der Waals surface area contributed by atoms with Crippen LogP contribution >= 0.6 is 0 Å². The molecule has 0 aliphatic carbocycles. The maximum Gasteiger partial charge on any atom is 0.234 e. The summed E-state index contributed by atoms with van der Waals surface area (Å²) < 4.78 is 5.60. The number of likely N-dealkylation sites (N-methyl/N-ethyl adjacent to an activating group) is 2. The summed E-state index contributed by atoms with van der Waals surface area (Å²) in [5.74, 6) is 0.542. The Morgan fingerprint density at radius 1 is 1.53 bits per heavy atom. The van der Waals surface area contributed by atoms with E-state index in [1.165, 1.54) is 0 Å². The molecule has 0 aliphatic heterocycles. The SMILES string of the molecule is CCNC(=O)CN(C)Cc1nc2c(N)cccc2o1. The Bertz CT molecular complexity index is 579. The second-order valence-electron chi connectivity index (χ2n) is 4.43. The molecular formula is C13H18N4O2. The lowest BCUT2D eigenvalue weighted by Gasteiger charge is -2.13. The normalized spacial score (nSPS) is 11.1. The maximum absolute atomic E-state index is 11.4. The molecule has 0 aliphatic rings. The van der Waals surface area contributed by atoms with Crippen molar-refractivity contribution in [3.8, 4) is 0 Å². The molecule has 0 unspecified atom stereocenters. The van der Waals surface area contributed by atoms with E-state index in [0.717, 1.165) is 0 Å². The van der Waals surface area contributed by atoms with Gasteiger partial charge in [-0.3, -0.25) is 9.69 Å². The van der Waals surface area contributed by atoms with Crippen molar-refractivity contribution >= 4 is 22.7 Å². The van der Waals surface area contributed by atoms with Crippen molar-refractivity contribution < 1.29 is 9.21 Å². The summed E-state index contributed by atoms with van der Waals surface area (Å²) in [6, 6.07) is 5.43. The lowest BCUT2D eigenvalue weighted by Crippen LogP contribution is -2.34. The van der Waals surface area contributed by atoms with Gasteiger partial charge in [0, 0.05) is 6.54 Å². The number of hydrogen-bond acceptors (Lipinski definition) is 5. The Kier molecular flexibility index (Phi) is 4.01. The van der Waals surface area contributed by atoms with Crippen LogP contribution in [0.4, 0.5) is 5.69 Å². The lowest BCUT2D eigenvalue weighted by molar-refractivity contribution is -0.122. The summed E-state index contributed by atoms with van der Waals surface area (Å²) in [4.78, 5) is 17.6. The highest BCUT2D eigenvalue weighted by atomic mass is 16.3. The Morgan fingerprint density at radius 2 is 2.32 bits per heavy atom. The van der Waals surface area contributed by atoms with E-state index < -0.39 is 0 Å². The minimum Gasteiger partial charge on any atom is -0.439 e. The number of nitrogens with zero attached hydrogens (tertiary/aromatic N) is 2. The van der Waals surface area contributed by atoms with E-state index >= 15 is 0 Å². The van der Waals surface area contributed by atoms with E-state index in [-0.39, 0.29) is 5.91 Å². The van der Waals surface area contributed by atoms with Crippen LogP contribution in [0.5, 0.6) is 0 Å². The first-order valence-electron chi connectivity index (χ1n) is 6.19. The van der Waals surface area contributed by atoms with E-state index in [0.29, 0.717) is 42.3 Å². The van der Waals surface area contributed by atoms with Crippen LogP contribution in [0, 0.1) is 0 Å². The van der Waals surface area contributed by atoms with Crippen LogP contribution < -0.4 is 11.1 Å². The molecule has 6 nitrogen and oxygen atoms in total. The fourth-order valence-corrected chi connectivity index (χ4v) is 1.87. The number of anilines is 1. The Labute approximate surface area is 111 Å². The number of amides is 1. The zero-order chi connectivity index (χ0) is 13.8. The fourth-order valence-electron chi connectivity index (χ4n) is 1.87. The number of nitrogens with one attached hydrogen (secondary N) is 1. The van der Waals surface area contributed by atoms with Gasteiger partial charge in [-0.15, -0.1) is 0 Å². The number of benzene rings is 1. The molecule has 0 radical (unpaired) electrons. The van der Waals surface area contributed by atoms with Gasteiger partial charge in [0.25, 0.3) is 0 Å². The first-order chi connectivity index (χ1) is 9.10. The van der Waals surface area contributed by atoms with Gasteiger partial charge in [0.15, 0.2) is 5.58 Å². The smallest absolute Gasteiger partial charge is 0.234 e. The van der Waals surface area contributed by atoms with Gasteiger partial charge >= 0.3 is 0 Å². The van der Waals surface area contributed by atoms with Gasteiger partial charge in [0.2, 0.25) is 11.8 Å². The van der Waals surface area contributed by atoms with E-state index in [1.54, 1.807) is 6.07 Å². The number of oxazole rings is 1. The van der Waals surface area contributed by atoms with Gasteiger partial charge in [0.05, 0.1) is 18.8 Å². The average molecular weight is 262 g/mol. The summed E-state index contributed by atoms with van der Waals surface area (Å²) in [5, 5.41) is 2.75. The first-order valence-corrected chi connectivity index (χ1v) is 6.19. The minimum absolute atomic E-state index is 0.0133. The molecular weight excluding hydrogens is 244 g/mol. The predicted octanol–water partition coefficient (Wildman–Crippen LogP) is 0.978. The number of fused-ring (bicyclic) bond motifs is 1. The highest BCUT2D eigenvalue weighted by molar-refractivity contribution is 5.85. The number of carbonyl (C=O) groups is 1. The molecule has 102 valence electrons. The number of nitrogens with two attached hydrogens (primary N) is 1. The highest BCUT2D eigenvalue weighted by Crippen LogP contribution is 2.21. The zero-order valence-electron chi connectivity index (χ0n) is 11.1. The van der Waals surface area contributed by atoms with Gasteiger partial charge in [0.1, 0.15) is 5.52 Å². The summed E-state index contributed by atoms with van der Waals surface area (Å²) in [5.41, 5.74) is 7.75. The molecule has 2 rings (SSSR count). The number of nitrogen functional groups attached to an aromatic ring is 1. The molecule has 2 aromatic rings. The topological polar surface area (TPSA) is 84.4 Å². The van der Waals surface area contributed by atoms with Crippen LogP contribution in [0.15, 0.2) is 22.6 Å². The third-order valence-corrected chi connectivity index (χ3v) is 2.69. The van der Waals surface area contributed by atoms with Gasteiger partial charge in [-0.25, -0.2) is 4.98 Å². The molecule has 0 saturated heterocycles. The van der Waals surface area contributed by atoms with Gasteiger partial charge in [-0.2, -0.15) is 0 Å². The van der Waals surface area contributed by atoms with Crippen molar-refractivity contribution in [1.29, 1.82) is 0 Å². The molecule has 1 amide bonds. The zero-order valence-corrected chi connectivity index (χ0v) is 11.1. The molecule has 0 fully saturated rings. The molecule has 0 saturated carbocycles. The molecule has 0 bridgehead atoms. The van der Waals surface area contributed by atoms with Crippen LogP contribution in [-0.2, 0) is 11.3 Å². The Balaban J connectivity index is 2.05. The van der Waals surface area contributed by atoms with E-state index in [4.69, 9.17) is 10.2 Å². The Morgan fingerprint density at radius 3 is 3.00 bits per heavy atom. The average Bonchev–Trinajstić information content (AvgIpc) is 2.72. The largest absolute Gasteiger partial charge is 0.439 e. The minimum atomic E-state index is -0.0133. The number of hydrogen-bond donors (Lipinski definition) is 2. The number of carbonyl (C=O) groups excluding carboxylic acids is 1. The van der Waals surface area contributed by atoms with Crippen molar-refractivity contribution in [3.05, 3.63) is 24.1 Å². The monoisotopic (exact) mass is 262 g/mol. The van der Waals surface area contributed by atoms with E-state index in [2.05, 4.69) is 10.3 Å². The molecule has 6 heteroatoms. The van der Waals surface area contributed by atoms with Crippen LogP contribution in [0.1, 0.15) is 12.8 Å². The molecule has 1 heterocycles. The molecule has 0 spiro atoms. The number of para-hydroxylation sites is 1. The van der Waals surface area contributed by atoms with Gasteiger partial charge in [-0.1, -0.05) is 6.07 Å². The van der Waals surface area contributed by atoms with Crippen molar-refractivity contribution in [2.45, 2.75) is 13.5 Å². The Hall–Kier alpha value is -2.08. The summed E-state index contributed by atoms with van der Waals surface area (Å²) in [6.45, 7) is 3.29.